The molecule has 0 bridgehead atoms. The summed E-state index contributed by atoms with van der Waals surface area (Å²) >= 11 is 0. The molecular formula is C11H10FNO3. The minimum Gasteiger partial charge on any atom is -0.466 e. The highest BCUT2D eigenvalue weighted by molar-refractivity contribution is 6.03. The zero-order chi connectivity index (χ0) is 11.5. The second kappa shape index (κ2) is 4.30. The SMILES string of the molecule is COC(=O)[C@H]1CC(c2ccc(F)cc2)=NO1. The molecule has 16 heavy (non-hydrogen) atoms. The molecule has 2 rings (SSSR count). The van der Waals surface area contributed by atoms with E-state index in [1.165, 1.54) is 19.2 Å². The van der Waals surface area contributed by atoms with Crippen molar-refractivity contribution in [3.05, 3.63) is 35.6 Å². The summed E-state index contributed by atoms with van der Waals surface area (Å²) in [6, 6.07) is 5.86. The van der Waals surface area contributed by atoms with Crippen LogP contribution in [0.3, 0.4) is 0 Å². The zero-order valence-corrected chi connectivity index (χ0v) is 8.64. The molecule has 0 fully saturated rings. The van der Waals surface area contributed by atoms with Gasteiger partial charge in [-0.1, -0.05) is 17.3 Å². The van der Waals surface area contributed by atoms with Gasteiger partial charge in [0.05, 0.1) is 12.8 Å². The lowest BCUT2D eigenvalue weighted by atomic mass is 10.1. The number of rotatable bonds is 2. The van der Waals surface area contributed by atoms with Crippen LogP contribution in [0.2, 0.25) is 0 Å². The van der Waals surface area contributed by atoms with Gasteiger partial charge in [-0.05, 0) is 17.7 Å². The van der Waals surface area contributed by atoms with Gasteiger partial charge < -0.3 is 9.57 Å². The summed E-state index contributed by atoms with van der Waals surface area (Å²) < 4.78 is 17.2. The van der Waals surface area contributed by atoms with Crippen molar-refractivity contribution < 1.29 is 18.8 Å². The second-order valence-corrected chi connectivity index (χ2v) is 3.37. The molecule has 4 nitrogen and oxygen atoms in total. The van der Waals surface area contributed by atoms with E-state index >= 15 is 0 Å². The number of carbonyl (C=O) groups is 1. The summed E-state index contributed by atoms with van der Waals surface area (Å²) in [6.45, 7) is 0. The smallest absolute Gasteiger partial charge is 0.350 e. The van der Waals surface area contributed by atoms with Crippen LogP contribution in [0.1, 0.15) is 12.0 Å². The fraction of sp³-hybridized carbons (Fsp3) is 0.273. The van der Waals surface area contributed by atoms with Gasteiger partial charge in [-0.2, -0.15) is 0 Å². The first-order valence-corrected chi connectivity index (χ1v) is 4.77. The maximum Gasteiger partial charge on any atom is 0.350 e. The summed E-state index contributed by atoms with van der Waals surface area (Å²) in [4.78, 5) is 16.1. The Morgan fingerprint density at radius 3 is 2.81 bits per heavy atom. The molecule has 1 heterocycles. The molecule has 0 saturated heterocycles. The van der Waals surface area contributed by atoms with Crippen molar-refractivity contribution in [2.75, 3.05) is 7.11 Å². The lowest BCUT2D eigenvalue weighted by molar-refractivity contribution is -0.152. The van der Waals surface area contributed by atoms with Crippen molar-refractivity contribution in [3.8, 4) is 0 Å². The Morgan fingerprint density at radius 1 is 1.50 bits per heavy atom. The Balaban J connectivity index is 2.08. The molecule has 0 unspecified atom stereocenters. The van der Waals surface area contributed by atoms with Crippen LogP contribution in [0.15, 0.2) is 29.4 Å². The molecule has 1 aromatic rings. The number of nitrogens with zero attached hydrogens (tertiary/aromatic N) is 1. The van der Waals surface area contributed by atoms with E-state index in [1.54, 1.807) is 12.1 Å². The van der Waals surface area contributed by atoms with Gasteiger partial charge >= 0.3 is 5.97 Å². The molecular weight excluding hydrogens is 213 g/mol. The summed E-state index contributed by atoms with van der Waals surface area (Å²) in [5, 5.41) is 3.78. The Bertz CT molecular complexity index is 427. The standard InChI is InChI=1S/C11H10FNO3/c1-15-11(14)10-6-9(13-16-10)7-2-4-8(12)5-3-7/h2-5,10H,6H2,1H3/t10-/m1/s1. The molecule has 0 radical (unpaired) electrons. The second-order valence-electron chi connectivity index (χ2n) is 3.37. The van der Waals surface area contributed by atoms with Crippen molar-refractivity contribution >= 4 is 11.7 Å². The topological polar surface area (TPSA) is 47.9 Å². The molecule has 1 aliphatic rings. The highest BCUT2D eigenvalue weighted by atomic mass is 19.1. The number of hydrogen-bond acceptors (Lipinski definition) is 4. The molecule has 84 valence electrons. The maximum atomic E-state index is 12.7. The van der Waals surface area contributed by atoms with Gasteiger partial charge in [0.1, 0.15) is 5.82 Å². The first-order chi connectivity index (χ1) is 7.70. The maximum absolute atomic E-state index is 12.7. The lowest BCUT2D eigenvalue weighted by Gasteiger charge is -2.04. The van der Waals surface area contributed by atoms with Gasteiger partial charge in [-0.15, -0.1) is 0 Å². The summed E-state index contributed by atoms with van der Waals surface area (Å²) in [5.74, 6) is -0.770. The zero-order valence-electron chi connectivity index (χ0n) is 8.64. The number of halogens is 1. The Hall–Kier alpha value is -1.91. The number of esters is 1. The van der Waals surface area contributed by atoms with E-state index < -0.39 is 12.1 Å². The average molecular weight is 223 g/mol. The van der Waals surface area contributed by atoms with Gasteiger partial charge in [0, 0.05) is 6.42 Å². The van der Waals surface area contributed by atoms with Crippen LogP contribution >= 0.6 is 0 Å². The fourth-order valence-electron chi connectivity index (χ4n) is 1.45. The summed E-state index contributed by atoms with van der Waals surface area (Å²) in [5.41, 5.74) is 1.36. The molecule has 0 amide bonds. The number of carbonyl (C=O) groups excluding carboxylic acids is 1. The van der Waals surface area contributed by atoms with Gasteiger partial charge in [0.25, 0.3) is 0 Å². The third kappa shape index (κ3) is 2.03. The highest BCUT2D eigenvalue weighted by Gasteiger charge is 2.29. The van der Waals surface area contributed by atoms with E-state index in [-0.39, 0.29) is 5.82 Å². The Labute approximate surface area is 91.7 Å². The Kier molecular flexibility index (Phi) is 2.85. The van der Waals surface area contributed by atoms with Crippen LogP contribution in [-0.4, -0.2) is 24.9 Å². The van der Waals surface area contributed by atoms with Gasteiger partial charge in [-0.3, -0.25) is 0 Å². The molecule has 0 spiro atoms. The van der Waals surface area contributed by atoms with E-state index in [1.807, 2.05) is 0 Å². The van der Waals surface area contributed by atoms with Gasteiger partial charge in [0.2, 0.25) is 6.10 Å². The van der Waals surface area contributed by atoms with Crippen molar-refractivity contribution in [2.45, 2.75) is 12.5 Å². The van der Waals surface area contributed by atoms with Crippen molar-refractivity contribution in [1.29, 1.82) is 0 Å². The molecule has 1 aliphatic heterocycles. The number of hydrogen-bond donors (Lipinski definition) is 0. The lowest BCUT2D eigenvalue weighted by Crippen LogP contribution is -2.22. The number of oxime groups is 1. The van der Waals surface area contributed by atoms with Crippen LogP contribution in [0.4, 0.5) is 4.39 Å². The van der Waals surface area contributed by atoms with E-state index in [0.717, 1.165) is 5.56 Å². The van der Waals surface area contributed by atoms with Gasteiger partial charge in [0.15, 0.2) is 0 Å². The van der Waals surface area contributed by atoms with E-state index in [9.17, 15) is 9.18 Å². The molecule has 0 N–H and O–H groups in total. The minimum absolute atomic E-state index is 0.312. The molecule has 0 saturated carbocycles. The molecule has 0 aromatic heterocycles. The average Bonchev–Trinajstić information content (AvgIpc) is 2.78. The third-order valence-corrected chi connectivity index (χ3v) is 2.31. The van der Waals surface area contributed by atoms with Crippen LogP contribution in [-0.2, 0) is 14.4 Å². The van der Waals surface area contributed by atoms with Crippen LogP contribution in [0, 0.1) is 5.82 Å². The van der Waals surface area contributed by atoms with Crippen LogP contribution in [0.5, 0.6) is 0 Å². The minimum atomic E-state index is -0.690. The molecule has 5 heteroatoms. The fourth-order valence-corrected chi connectivity index (χ4v) is 1.45. The third-order valence-electron chi connectivity index (χ3n) is 2.31. The van der Waals surface area contributed by atoms with Crippen molar-refractivity contribution in [3.63, 3.8) is 0 Å². The van der Waals surface area contributed by atoms with Crippen LogP contribution in [0.25, 0.3) is 0 Å². The first kappa shape index (κ1) is 10.6. The van der Waals surface area contributed by atoms with E-state index in [4.69, 9.17) is 4.84 Å². The molecule has 1 atom stereocenters. The molecule has 0 aliphatic carbocycles. The number of benzene rings is 1. The monoisotopic (exact) mass is 223 g/mol. The highest BCUT2D eigenvalue weighted by Crippen LogP contribution is 2.17. The van der Waals surface area contributed by atoms with Crippen LogP contribution < -0.4 is 0 Å². The number of ether oxygens (including phenoxy) is 1. The largest absolute Gasteiger partial charge is 0.466 e. The quantitative estimate of drug-likeness (QED) is 0.714. The normalized spacial score (nSPS) is 18.9. The predicted molar refractivity (Wildman–Crippen MR) is 54.4 cm³/mol. The summed E-state index contributed by atoms with van der Waals surface area (Å²) in [7, 11) is 1.29. The first-order valence-electron chi connectivity index (χ1n) is 4.77. The Morgan fingerprint density at radius 2 is 2.19 bits per heavy atom. The van der Waals surface area contributed by atoms with Crippen molar-refractivity contribution in [2.24, 2.45) is 5.16 Å². The van der Waals surface area contributed by atoms with E-state index in [2.05, 4.69) is 9.89 Å². The summed E-state index contributed by atoms with van der Waals surface area (Å²) in [6.07, 6.45) is -0.344. The predicted octanol–water partition coefficient (Wildman–Crippen LogP) is 1.49. The number of methoxy groups -OCH3 is 1. The van der Waals surface area contributed by atoms with Crippen molar-refractivity contribution in [1.82, 2.24) is 0 Å². The molecule has 1 aromatic carbocycles. The van der Waals surface area contributed by atoms with Gasteiger partial charge in [-0.25, -0.2) is 9.18 Å². The van der Waals surface area contributed by atoms with E-state index in [0.29, 0.717) is 12.1 Å².